The topological polar surface area (TPSA) is 38.4 Å². The first kappa shape index (κ1) is 7.56. The molecule has 0 rings (SSSR count). The smallest absolute Gasteiger partial charge is 0.0374 e. The van der Waals surface area contributed by atoms with Crippen LogP contribution in [0.1, 0.15) is 6.92 Å². The predicted octanol–water partition coefficient (Wildman–Crippen LogP) is 0.807. The van der Waals surface area contributed by atoms with Crippen molar-refractivity contribution in [2.24, 2.45) is 10.7 Å². The van der Waals surface area contributed by atoms with Crippen LogP contribution in [0.25, 0.3) is 0 Å². The highest BCUT2D eigenvalue weighted by Gasteiger charge is 1.75. The molecule has 0 heterocycles. The second-order valence-electron chi connectivity index (χ2n) is 1.22. The van der Waals surface area contributed by atoms with Gasteiger partial charge < -0.3 is 5.73 Å². The van der Waals surface area contributed by atoms with Crippen LogP contribution in [0.4, 0.5) is 0 Å². The molecule has 8 heavy (non-hydrogen) atoms. The van der Waals surface area contributed by atoms with E-state index in [1.54, 1.807) is 6.21 Å². The quantitative estimate of drug-likeness (QED) is 0.421. The molecule has 0 aromatic rings. The van der Waals surface area contributed by atoms with E-state index in [1.165, 1.54) is 6.20 Å². The summed E-state index contributed by atoms with van der Waals surface area (Å²) in [6.45, 7) is 2.73. The predicted molar refractivity (Wildman–Crippen MR) is 40.3 cm³/mol. The van der Waals surface area contributed by atoms with Gasteiger partial charge in [-0.3, -0.25) is 4.99 Å². The SMILES string of the molecule is CCN=CC(S)=CN. The maximum absolute atomic E-state index is 5.08. The Bertz CT molecular complexity index is 107. The summed E-state index contributed by atoms with van der Waals surface area (Å²) in [5.74, 6) is 0. The van der Waals surface area contributed by atoms with Crippen molar-refractivity contribution in [2.75, 3.05) is 6.54 Å². The van der Waals surface area contributed by atoms with Crippen molar-refractivity contribution >= 4 is 18.8 Å². The fourth-order valence-electron chi connectivity index (χ4n) is 0.228. The molecule has 0 unspecified atom stereocenters. The van der Waals surface area contributed by atoms with E-state index in [-0.39, 0.29) is 0 Å². The summed E-state index contributed by atoms with van der Waals surface area (Å²) in [5, 5.41) is 0. The summed E-state index contributed by atoms with van der Waals surface area (Å²) in [5.41, 5.74) is 5.08. The van der Waals surface area contributed by atoms with Crippen LogP contribution in [0.5, 0.6) is 0 Å². The Morgan fingerprint density at radius 2 is 2.50 bits per heavy atom. The van der Waals surface area contributed by atoms with E-state index >= 15 is 0 Å². The van der Waals surface area contributed by atoms with Crippen molar-refractivity contribution in [3.8, 4) is 0 Å². The molecule has 0 radical (unpaired) electrons. The minimum atomic E-state index is 0.701. The molecule has 0 aliphatic carbocycles. The van der Waals surface area contributed by atoms with Gasteiger partial charge in [-0.25, -0.2) is 0 Å². The molecule has 0 saturated heterocycles. The van der Waals surface area contributed by atoms with Gasteiger partial charge in [-0.1, -0.05) is 0 Å². The number of nitrogens with zero attached hydrogens (tertiary/aromatic N) is 1. The molecule has 0 saturated carbocycles. The van der Waals surface area contributed by atoms with Gasteiger partial charge in [-0.2, -0.15) is 0 Å². The fourth-order valence-corrected chi connectivity index (χ4v) is 0.309. The Kier molecular flexibility index (Phi) is 4.45. The minimum absolute atomic E-state index is 0.701. The molecular formula is C5H10N2S. The van der Waals surface area contributed by atoms with Crippen molar-refractivity contribution in [3.05, 3.63) is 11.1 Å². The minimum Gasteiger partial charge on any atom is -0.404 e. The molecule has 0 aromatic heterocycles. The average molecular weight is 130 g/mol. The normalized spacial score (nSPS) is 13.0. The van der Waals surface area contributed by atoms with Crippen LogP contribution < -0.4 is 5.73 Å². The molecule has 0 spiro atoms. The van der Waals surface area contributed by atoms with Gasteiger partial charge in [-0.15, -0.1) is 12.6 Å². The molecule has 2 N–H and O–H groups in total. The molecule has 0 aliphatic rings. The zero-order valence-corrected chi connectivity index (χ0v) is 5.73. The van der Waals surface area contributed by atoms with Crippen LogP contribution >= 0.6 is 12.6 Å². The van der Waals surface area contributed by atoms with E-state index in [4.69, 9.17) is 5.73 Å². The van der Waals surface area contributed by atoms with Crippen LogP contribution in [-0.4, -0.2) is 12.8 Å². The first-order valence-corrected chi connectivity index (χ1v) is 2.86. The van der Waals surface area contributed by atoms with E-state index < -0.39 is 0 Å². The maximum Gasteiger partial charge on any atom is 0.0374 e. The molecule has 0 bridgehead atoms. The third kappa shape index (κ3) is 3.74. The van der Waals surface area contributed by atoms with Gasteiger partial charge in [0.1, 0.15) is 0 Å². The lowest BCUT2D eigenvalue weighted by atomic mass is 10.6. The largest absolute Gasteiger partial charge is 0.404 e. The van der Waals surface area contributed by atoms with Gasteiger partial charge in [-0.05, 0) is 6.92 Å². The van der Waals surface area contributed by atoms with Crippen molar-refractivity contribution in [2.45, 2.75) is 6.92 Å². The second-order valence-corrected chi connectivity index (χ2v) is 1.74. The van der Waals surface area contributed by atoms with Crippen molar-refractivity contribution < 1.29 is 0 Å². The van der Waals surface area contributed by atoms with Crippen molar-refractivity contribution in [3.63, 3.8) is 0 Å². The van der Waals surface area contributed by atoms with Crippen LogP contribution in [0, 0.1) is 0 Å². The van der Waals surface area contributed by atoms with Gasteiger partial charge in [0, 0.05) is 23.9 Å². The van der Waals surface area contributed by atoms with Gasteiger partial charge in [0.15, 0.2) is 0 Å². The molecule has 46 valence electrons. The van der Waals surface area contributed by atoms with Crippen LogP contribution in [0.15, 0.2) is 16.1 Å². The number of hydrogen-bond acceptors (Lipinski definition) is 3. The highest BCUT2D eigenvalue weighted by molar-refractivity contribution is 7.85. The fraction of sp³-hybridized carbons (Fsp3) is 0.400. The summed E-state index contributed by atoms with van der Waals surface area (Å²) in [6.07, 6.45) is 3.03. The Hall–Kier alpha value is -0.440. The Morgan fingerprint density at radius 3 is 2.88 bits per heavy atom. The van der Waals surface area contributed by atoms with Crippen molar-refractivity contribution in [1.29, 1.82) is 0 Å². The summed E-state index contributed by atoms with van der Waals surface area (Å²) in [6, 6.07) is 0. The van der Waals surface area contributed by atoms with Gasteiger partial charge in [0.05, 0.1) is 0 Å². The lowest BCUT2D eigenvalue weighted by Gasteiger charge is -1.82. The van der Waals surface area contributed by atoms with Gasteiger partial charge in [0.25, 0.3) is 0 Å². The number of rotatable bonds is 2. The van der Waals surface area contributed by atoms with Gasteiger partial charge in [0.2, 0.25) is 0 Å². The molecule has 0 amide bonds. The molecule has 0 aliphatic heterocycles. The highest BCUT2D eigenvalue weighted by Crippen LogP contribution is 1.90. The van der Waals surface area contributed by atoms with Gasteiger partial charge >= 0.3 is 0 Å². The molecule has 0 fully saturated rings. The maximum atomic E-state index is 5.08. The van der Waals surface area contributed by atoms with E-state index in [1.807, 2.05) is 6.92 Å². The lowest BCUT2D eigenvalue weighted by molar-refractivity contribution is 1.14. The molecular weight excluding hydrogens is 120 g/mol. The summed E-state index contributed by atoms with van der Waals surface area (Å²) in [4.78, 5) is 4.59. The Labute approximate surface area is 54.9 Å². The Morgan fingerprint density at radius 1 is 1.88 bits per heavy atom. The second kappa shape index (κ2) is 4.71. The number of allylic oxidation sites excluding steroid dienone is 1. The third-order valence-electron chi connectivity index (χ3n) is 0.577. The van der Waals surface area contributed by atoms with E-state index in [0.717, 1.165) is 6.54 Å². The van der Waals surface area contributed by atoms with E-state index in [9.17, 15) is 0 Å². The molecule has 0 atom stereocenters. The molecule has 0 aromatic carbocycles. The monoisotopic (exact) mass is 130 g/mol. The highest BCUT2D eigenvalue weighted by atomic mass is 32.1. The number of nitrogens with two attached hydrogens (primary N) is 1. The summed E-state index contributed by atoms with van der Waals surface area (Å²) < 4.78 is 0. The zero-order chi connectivity index (χ0) is 6.41. The average Bonchev–Trinajstić information content (AvgIpc) is 1.83. The number of thiol groups is 1. The van der Waals surface area contributed by atoms with Crippen molar-refractivity contribution in [1.82, 2.24) is 0 Å². The summed E-state index contributed by atoms with van der Waals surface area (Å²) >= 11 is 3.95. The number of hydrogen-bond donors (Lipinski definition) is 2. The summed E-state index contributed by atoms with van der Waals surface area (Å²) in [7, 11) is 0. The van der Waals surface area contributed by atoms with Crippen LogP contribution in [0.3, 0.4) is 0 Å². The third-order valence-corrected chi connectivity index (χ3v) is 0.841. The standard InChI is InChI=1S/C5H10N2S/c1-2-7-4-5(8)3-6/h3-4,8H,2,6H2,1H3. The lowest BCUT2D eigenvalue weighted by Crippen LogP contribution is -1.83. The van der Waals surface area contributed by atoms with E-state index in [2.05, 4.69) is 17.6 Å². The first-order valence-electron chi connectivity index (χ1n) is 2.42. The zero-order valence-electron chi connectivity index (χ0n) is 4.83. The molecule has 2 nitrogen and oxygen atoms in total. The van der Waals surface area contributed by atoms with Crippen LogP contribution in [0.2, 0.25) is 0 Å². The number of aliphatic imine (C=N–C) groups is 1. The van der Waals surface area contributed by atoms with Crippen LogP contribution in [-0.2, 0) is 0 Å². The Balaban J connectivity index is 3.53. The molecule has 3 heteroatoms. The van der Waals surface area contributed by atoms with E-state index in [0.29, 0.717) is 4.91 Å². The first-order chi connectivity index (χ1) is 3.81.